The van der Waals surface area contributed by atoms with Crippen LogP contribution in [0.5, 0.6) is 0 Å². The number of hydrogen-bond acceptors (Lipinski definition) is 4. The number of aryl methyl sites for hydroxylation is 1. The largest absolute Gasteiger partial charge is 0.370 e. The minimum atomic E-state index is -0.364. The SMILES string of the molecule is Cc1ccc([N+](=O)[O-])cc1-n1nc(-c2ccccc2)c2c1NCCCC2. The first-order valence-electron chi connectivity index (χ1n) is 8.82. The summed E-state index contributed by atoms with van der Waals surface area (Å²) in [5, 5.41) is 19.6. The van der Waals surface area contributed by atoms with E-state index in [0.29, 0.717) is 0 Å². The summed E-state index contributed by atoms with van der Waals surface area (Å²) in [6.45, 7) is 2.83. The molecule has 4 rings (SSSR count). The van der Waals surface area contributed by atoms with Gasteiger partial charge in [0.2, 0.25) is 0 Å². The van der Waals surface area contributed by atoms with Gasteiger partial charge in [0.25, 0.3) is 5.69 Å². The lowest BCUT2D eigenvalue weighted by molar-refractivity contribution is -0.384. The van der Waals surface area contributed by atoms with Crippen molar-refractivity contribution in [3.63, 3.8) is 0 Å². The van der Waals surface area contributed by atoms with Gasteiger partial charge in [-0.15, -0.1) is 0 Å². The molecule has 0 saturated carbocycles. The highest BCUT2D eigenvalue weighted by Gasteiger charge is 2.23. The van der Waals surface area contributed by atoms with Crippen molar-refractivity contribution in [2.45, 2.75) is 26.2 Å². The molecule has 132 valence electrons. The van der Waals surface area contributed by atoms with E-state index in [9.17, 15) is 10.1 Å². The van der Waals surface area contributed by atoms with Gasteiger partial charge in [0.15, 0.2) is 0 Å². The van der Waals surface area contributed by atoms with Crippen LogP contribution in [0.1, 0.15) is 24.0 Å². The quantitative estimate of drug-likeness (QED) is 0.558. The molecule has 0 aliphatic carbocycles. The van der Waals surface area contributed by atoms with Crippen LogP contribution >= 0.6 is 0 Å². The number of anilines is 1. The summed E-state index contributed by atoms with van der Waals surface area (Å²) in [6, 6.07) is 15.0. The van der Waals surface area contributed by atoms with Crippen LogP contribution in [0.2, 0.25) is 0 Å². The molecule has 0 unspecified atom stereocenters. The first-order valence-corrected chi connectivity index (χ1v) is 8.82. The Morgan fingerprint density at radius 3 is 2.73 bits per heavy atom. The summed E-state index contributed by atoms with van der Waals surface area (Å²) >= 11 is 0. The van der Waals surface area contributed by atoms with Gasteiger partial charge in [-0.2, -0.15) is 5.10 Å². The van der Waals surface area contributed by atoms with E-state index in [4.69, 9.17) is 5.10 Å². The van der Waals surface area contributed by atoms with Gasteiger partial charge < -0.3 is 5.32 Å². The smallest absolute Gasteiger partial charge is 0.271 e. The van der Waals surface area contributed by atoms with Gasteiger partial charge >= 0.3 is 0 Å². The number of hydrogen-bond donors (Lipinski definition) is 1. The van der Waals surface area contributed by atoms with Gasteiger partial charge in [-0.1, -0.05) is 36.4 Å². The van der Waals surface area contributed by atoms with E-state index in [0.717, 1.165) is 54.1 Å². The number of fused-ring (bicyclic) bond motifs is 1. The standard InChI is InChI=1S/C20H20N4O2/c1-14-10-11-16(24(25)26)13-18(14)23-20-17(9-5-6-12-21-20)19(22-23)15-7-3-2-4-8-15/h2-4,7-8,10-11,13,21H,5-6,9,12H2,1H3. The number of nitro groups is 1. The summed E-state index contributed by atoms with van der Waals surface area (Å²) in [6.07, 6.45) is 3.14. The molecule has 26 heavy (non-hydrogen) atoms. The zero-order valence-electron chi connectivity index (χ0n) is 14.6. The molecule has 0 atom stereocenters. The lowest BCUT2D eigenvalue weighted by Crippen LogP contribution is -2.08. The normalized spacial score (nSPS) is 13.6. The maximum atomic E-state index is 11.2. The number of nitrogens with one attached hydrogen (secondary N) is 1. The zero-order chi connectivity index (χ0) is 18.1. The van der Waals surface area contributed by atoms with Gasteiger partial charge in [-0.05, 0) is 31.7 Å². The Hall–Kier alpha value is -3.15. The van der Waals surface area contributed by atoms with Gasteiger partial charge in [-0.25, -0.2) is 4.68 Å². The van der Waals surface area contributed by atoms with Crippen molar-refractivity contribution in [1.82, 2.24) is 9.78 Å². The van der Waals surface area contributed by atoms with E-state index in [1.807, 2.05) is 29.8 Å². The molecule has 6 heteroatoms. The van der Waals surface area contributed by atoms with Gasteiger partial charge in [0.05, 0.1) is 16.3 Å². The third kappa shape index (κ3) is 2.83. The third-order valence-corrected chi connectivity index (χ3v) is 4.81. The lowest BCUT2D eigenvalue weighted by Gasteiger charge is -2.11. The average Bonchev–Trinajstić information content (AvgIpc) is 2.84. The predicted octanol–water partition coefficient (Wildman–Crippen LogP) is 4.50. The maximum absolute atomic E-state index is 11.2. The van der Waals surface area contributed by atoms with Crippen molar-refractivity contribution in [1.29, 1.82) is 0 Å². The molecule has 0 spiro atoms. The Balaban J connectivity index is 1.94. The zero-order valence-corrected chi connectivity index (χ0v) is 14.6. The van der Waals surface area contributed by atoms with Crippen LogP contribution < -0.4 is 5.32 Å². The Bertz CT molecular complexity index is 963. The molecule has 0 saturated heterocycles. The number of rotatable bonds is 3. The second-order valence-electron chi connectivity index (χ2n) is 6.57. The molecule has 1 N–H and O–H groups in total. The fraction of sp³-hybridized carbons (Fsp3) is 0.250. The number of non-ortho nitro benzene ring substituents is 1. The highest BCUT2D eigenvalue weighted by atomic mass is 16.6. The minimum Gasteiger partial charge on any atom is -0.370 e. The molecule has 2 aromatic carbocycles. The van der Waals surface area contributed by atoms with Gasteiger partial charge in [0, 0.05) is 29.8 Å². The summed E-state index contributed by atoms with van der Waals surface area (Å²) in [4.78, 5) is 10.9. The summed E-state index contributed by atoms with van der Waals surface area (Å²) < 4.78 is 1.84. The Morgan fingerprint density at radius 1 is 1.15 bits per heavy atom. The van der Waals surface area contributed by atoms with Crippen LogP contribution in [0.4, 0.5) is 11.5 Å². The molecule has 6 nitrogen and oxygen atoms in total. The fourth-order valence-electron chi connectivity index (χ4n) is 3.44. The topological polar surface area (TPSA) is 73.0 Å². The Labute approximate surface area is 151 Å². The molecule has 2 heterocycles. The summed E-state index contributed by atoms with van der Waals surface area (Å²) in [5.41, 5.74) is 4.96. The fourth-order valence-corrected chi connectivity index (χ4v) is 3.44. The molecule has 1 aromatic heterocycles. The molecule has 1 aliphatic rings. The van der Waals surface area contributed by atoms with Crippen LogP contribution in [0, 0.1) is 17.0 Å². The monoisotopic (exact) mass is 348 g/mol. The van der Waals surface area contributed by atoms with Crippen molar-refractivity contribution in [3.8, 4) is 16.9 Å². The van der Waals surface area contributed by atoms with Crippen molar-refractivity contribution < 1.29 is 4.92 Å². The molecular formula is C20H20N4O2. The molecule has 0 radical (unpaired) electrons. The number of benzene rings is 2. The second kappa shape index (κ2) is 6.63. The van der Waals surface area contributed by atoms with E-state index in [-0.39, 0.29) is 10.6 Å². The number of nitrogens with zero attached hydrogens (tertiary/aromatic N) is 3. The van der Waals surface area contributed by atoms with Gasteiger partial charge in [-0.3, -0.25) is 10.1 Å². The molecule has 0 amide bonds. The summed E-state index contributed by atoms with van der Waals surface area (Å²) in [5.74, 6) is 0.949. The highest BCUT2D eigenvalue weighted by Crippen LogP contribution is 2.35. The maximum Gasteiger partial charge on any atom is 0.271 e. The van der Waals surface area contributed by atoms with Crippen molar-refractivity contribution in [2.75, 3.05) is 11.9 Å². The minimum absolute atomic E-state index is 0.0738. The van der Waals surface area contributed by atoms with Crippen molar-refractivity contribution in [3.05, 3.63) is 69.8 Å². The van der Waals surface area contributed by atoms with Crippen molar-refractivity contribution in [2.24, 2.45) is 0 Å². The number of aromatic nitrogens is 2. The molecule has 0 fully saturated rings. The van der Waals surface area contributed by atoms with Crippen LogP contribution in [0.15, 0.2) is 48.5 Å². The van der Waals surface area contributed by atoms with Crippen LogP contribution in [0.3, 0.4) is 0 Å². The summed E-state index contributed by atoms with van der Waals surface area (Å²) in [7, 11) is 0. The van der Waals surface area contributed by atoms with Gasteiger partial charge in [0.1, 0.15) is 5.82 Å². The highest BCUT2D eigenvalue weighted by molar-refractivity contribution is 5.71. The molecule has 3 aromatic rings. The Morgan fingerprint density at radius 2 is 1.96 bits per heavy atom. The third-order valence-electron chi connectivity index (χ3n) is 4.81. The van der Waals surface area contributed by atoms with E-state index in [1.165, 1.54) is 11.6 Å². The Kier molecular flexibility index (Phi) is 4.16. The predicted molar refractivity (Wildman–Crippen MR) is 102 cm³/mol. The van der Waals surface area contributed by atoms with Crippen LogP contribution in [-0.4, -0.2) is 21.2 Å². The van der Waals surface area contributed by atoms with Crippen molar-refractivity contribution >= 4 is 11.5 Å². The first kappa shape index (κ1) is 16.3. The molecule has 1 aliphatic heterocycles. The van der Waals surface area contributed by atoms with E-state index in [1.54, 1.807) is 12.1 Å². The first-order chi connectivity index (χ1) is 12.6. The molecular weight excluding hydrogens is 328 g/mol. The molecule has 0 bridgehead atoms. The second-order valence-corrected chi connectivity index (χ2v) is 6.57. The van der Waals surface area contributed by atoms with E-state index < -0.39 is 0 Å². The average molecular weight is 348 g/mol. The van der Waals surface area contributed by atoms with E-state index >= 15 is 0 Å². The van der Waals surface area contributed by atoms with Crippen LogP contribution in [0.25, 0.3) is 16.9 Å². The van der Waals surface area contributed by atoms with Crippen LogP contribution in [-0.2, 0) is 6.42 Å². The number of nitro benzene ring substituents is 1. The lowest BCUT2D eigenvalue weighted by atomic mass is 10.0. The van der Waals surface area contributed by atoms with E-state index in [2.05, 4.69) is 17.4 Å².